The molecule has 1 aliphatic heterocycles. The molecule has 1 fully saturated rings. The van der Waals surface area contributed by atoms with Crippen LogP contribution in [0.5, 0.6) is 0 Å². The molecule has 4 rings (SSSR count). The van der Waals surface area contributed by atoms with Crippen LogP contribution in [0.15, 0.2) is 35.4 Å². The summed E-state index contributed by atoms with van der Waals surface area (Å²) in [5.74, 6) is 0.363. The molecular weight excluding hydrogens is 452 g/mol. The van der Waals surface area contributed by atoms with Gasteiger partial charge in [0, 0.05) is 36.6 Å². The Bertz CT molecular complexity index is 1360. The van der Waals surface area contributed by atoms with Crippen LogP contribution in [0, 0.1) is 31.1 Å². The molecule has 0 bridgehead atoms. The molecule has 2 aromatic heterocycles. The number of fused-ring (bicyclic) bond motifs is 1. The molecule has 0 saturated carbocycles. The summed E-state index contributed by atoms with van der Waals surface area (Å²) in [6.07, 6.45) is 3.92. The van der Waals surface area contributed by atoms with Gasteiger partial charge in [0.2, 0.25) is 15.9 Å². The highest BCUT2D eigenvalue weighted by molar-refractivity contribution is 7.89. The lowest BCUT2D eigenvalue weighted by molar-refractivity contribution is -0.116. The standard InChI is InChI=1S/C24H28N6O3S/c1-16-10-12-29(13-11-16)34(32,33)21-6-4-20(5-7-21)28-23(31)9-8-22-17(2)27-24-19(14-25)15-26-30(24)18(22)3/h4-7,15-16H,8-13H2,1-3H3,(H,28,31). The van der Waals surface area contributed by atoms with Gasteiger partial charge in [0.1, 0.15) is 11.6 Å². The predicted molar refractivity (Wildman–Crippen MR) is 128 cm³/mol. The molecule has 0 unspecified atom stereocenters. The van der Waals surface area contributed by atoms with Crippen molar-refractivity contribution in [2.75, 3.05) is 18.4 Å². The summed E-state index contributed by atoms with van der Waals surface area (Å²) in [6, 6.07) is 8.41. The summed E-state index contributed by atoms with van der Waals surface area (Å²) in [6.45, 7) is 6.97. The van der Waals surface area contributed by atoms with Gasteiger partial charge in [0.15, 0.2) is 5.65 Å². The number of aryl methyl sites for hydroxylation is 2. The van der Waals surface area contributed by atoms with Gasteiger partial charge in [-0.3, -0.25) is 4.79 Å². The molecule has 1 amide bonds. The van der Waals surface area contributed by atoms with Crippen LogP contribution in [0.4, 0.5) is 5.69 Å². The lowest BCUT2D eigenvalue weighted by Crippen LogP contribution is -2.37. The van der Waals surface area contributed by atoms with Crippen LogP contribution in [0.1, 0.15) is 48.7 Å². The summed E-state index contributed by atoms with van der Waals surface area (Å²) < 4.78 is 28.9. The maximum Gasteiger partial charge on any atom is 0.243 e. The molecule has 0 aliphatic carbocycles. The summed E-state index contributed by atoms with van der Waals surface area (Å²) in [7, 11) is -3.52. The second-order valence-electron chi connectivity index (χ2n) is 8.83. The van der Waals surface area contributed by atoms with Crippen LogP contribution in [0.2, 0.25) is 0 Å². The molecular formula is C24H28N6O3S. The molecule has 1 saturated heterocycles. The van der Waals surface area contributed by atoms with Crippen molar-refractivity contribution in [2.45, 2.75) is 51.3 Å². The number of piperidine rings is 1. The number of nitrogens with one attached hydrogen (secondary N) is 1. The third-order valence-corrected chi connectivity index (χ3v) is 8.36. The second kappa shape index (κ2) is 9.52. The summed E-state index contributed by atoms with van der Waals surface area (Å²) >= 11 is 0. The predicted octanol–water partition coefficient (Wildman–Crippen LogP) is 3.21. The molecule has 1 N–H and O–H groups in total. The zero-order valence-electron chi connectivity index (χ0n) is 19.6. The van der Waals surface area contributed by atoms with E-state index in [1.165, 1.54) is 10.5 Å². The first-order valence-electron chi connectivity index (χ1n) is 11.3. The molecule has 0 spiro atoms. The number of sulfonamides is 1. The highest BCUT2D eigenvalue weighted by Crippen LogP contribution is 2.24. The van der Waals surface area contributed by atoms with Gasteiger partial charge in [-0.05, 0) is 68.9 Å². The smallest absolute Gasteiger partial charge is 0.243 e. The molecule has 1 aromatic carbocycles. The summed E-state index contributed by atoms with van der Waals surface area (Å²) in [5.41, 5.74) is 3.99. The number of aromatic nitrogens is 3. The third-order valence-electron chi connectivity index (χ3n) is 6.45. The summed E-state index contributed by atoms with van der Waals surface area (Å²) in [5, 5.41) is 16.3. The average molecular weight is 481 g/mol. The van der Waals surface area contributed by atoms with Crippen molar-refractivity contribution in [3.63, 3.8) is 0 Å². The SMILES string of the molecule is Cc1nc2c(C#N)cnn2c(C)c1CCC(=O)Nc1ccc(S(=O)(=O)N2CCC(C)CC2)cc1. The molecule has 3 heterocycles. The fourth-order valence-corrected chi connectivity index (χ4v) is 5.77. The largest absolute Gasteiger partial charge is 0.326 e. The van der Waals surface area contributed by atoms with E-state index in [0.717, 1.165) is 29.8 Å². The van der Waals surface area contributed by atoms with Crippen molar-refractivity contribution in [2.24, 2.45) is 5.92 Å². The lowest BCUT2D eigenvalue weighted by atomic mass is 10.0. The minimum atomic E-state index is -3.52. The van der Waals surface area contributed by atoms with Gasteiger partial charge < -0.3 is 5.32 Å². The van der Waals surface area contributed by atoms with Gasteiger partial charge in [-0.15, -0.1) is 0 Å². The first-order chi connectivity index (χ1) is 16.2. The number of benzene rings is 1. The highest BCUT2D eigenvalue weighted by Gasteiger charge is 2.28. The van der Waals surface area contributed by atoms with E-state index in [4.69, 9.17) is 0 Å². The monoisotopic (exact) mass is 480 g/mol. The molecule has 0 atom stereocenters. The van der Waals surface area contributed by atoms with Crippen LogP contribution in [0.3, 0.4) is 0 Å². The maximum absolute atomic E-state index is 12.9. The Labute approximate surface area is 199 Å². The first-order valence-corrected chi connectivity index (χ1v) is 12.8. The molecule has 0 radical (unpaired) electrons. The average Bonchev–Trinajstić information content (AvgIpc) is 3.22. The van der Waals surface area contributed by atoms with E-state index in [1.807, 2.05) is 13.8 Å². The summed E-state index contributed by atoms with van der Waals surface area (Å²) in [4.78, 5) is 17.3. The Morgan fingerprint density at radius 3 is 2.53 bits per heavy atom. The molecule has 178 valence electrons. The first kappa shape index (κ1) is 23.9. The zero-order chi connectivity index (χ0) is 24.5. The number of anilines is 1. The van der Waals surface area contributed by atoms with E-state index in [0.29, 0.717) is 42.3 Å². The quantitative estimate of drug-likeness (QED) is 0.578. The van der Waals surface area contributed by atoms with Gasteiger partial charge in [0.05, 0.1) is 11.1 Å². The molecule has 10 heteroatoms. The zero-order valence-corrected chi connectivity index (χ0v) is 20.4. The van der Waals surface area contributed by atoms with Crippen molar-refractivity contribution < 1.29 is 13.2 Å². The van der Waals surface area contributed by atoms with E-state index >= 15 is 0 Å². The minimum Gasteiger partial charge on any atom is -0.326 e. The van der Waals surface area contributed by atoms with Crippen LogP contribution >= 0.6 is 0 Å². The second-order valence-corrected chi connectivity index (χ2v) is 10.8. The van der Waals surface area contributed by atoms with Crippen molar-refractivity contribution in [3.05, 3.63) is 53.0 Å². The Morgan fingerprint density at radius 1 is 1.21 bits per heavy atom. The number of nitriles is 1. The lowest BCUT2D eigenvalue weighted by Gasteiger charge is -2.29. The van der Waals surface area contributed by atoms with Gasteiger partial charge in [-0.25, -0.2) is 17.9 Å². The number of nitrogens with zero attached hydrogens (tertiary/aromatic N) is 5. The number of carbonyl (C=O) groups is 1. The van der Waals surface area contributed by atoms with E-state index in [-0.39, 0.29) is 17.2 Å². The molecule has 3 aromatic rings. The Balaban J connectivity index is 1.40. The number of carbonyl (C=O) groups excluding carboxylic acids is 1. The number of hydrogen-bond acceptors (Lipinski definition) is 6. The third kappa shape index (κ3) is 4.67. The van der Waals surface area contributed by atoms with E-state index in [1.54, 1.807) is 28.8 Å². The number of amides is 1. The highest BCUT2D eigenvalue weighted by atomic mass is 32.2. The minimum absolute atomic E-state index is 0.183. The van der Waals surface area contributed by atoms with Crippen molar-refractivity contribution in [1.29, 1.82) is 5.26 Å². The Hall–Kier alpha value is -3.29. The Morgan fingerprint density at radius 2 is 1.88 bits per heavy atom. The van der Waals surface area contributed by atoms with Crippen LogP contribution < -0.4 is 5.32 Å². The molecule has 34 heavy (non-hydrogen) atoms. The van der Waals surface area contributed by atoms with Crippen molar-refractivity contribution in [1.82, 2.24) is 18.9 Å². The fraction of sp³-hybridized carbons (Fsp3) is 0.417. The van der Waals surface area contributed by atoms with Gasteiger partial charge in [-0.2, -0.15) is 14.7 Å². The van der Waals surface area contributed by atoms with E-state index < -0.39 is 10.0 Å². The molecule has 1 aliphatic rings. The van der Waals surface area contributed by atoms with E-state index in [9.17, 15) is 18.5 Å². The van der Waals surface area contributed by atoms with Gasteiger partial charge in [-0.1, -0.05) is 6.92 Å². The van der Waals surface area contributed by atoms with Gasteiger partial charge in [0.25, 0.3) is 0 Å². The fourth-order valence-electron chi connectivity index (χ4n) is 4.30. The van der Waals surface area contributed by atoms with Crippen LogP contribution in [-0.2, 0) is 21.2 Å². The van der Waals surface area contributed by atoms with Gasteiger partial charge >= 0.3 is 0 Å². The van der Waals surface area contributed by atoms with Crippen molar-refractivity contribution >= 4 is 27.3 Å². The molecule has 9 nitrogen and oxygen atoms in total. The normalized spacial score (nSPS) is 15.4. The van der Waals surface area contributed by atoms with E-state index in [2.05, 4.69) is 28.4 Å². The number of hydrogen-bond donors (Lipinski definition) is 1. The number of rotatable bonds is 6. The Kier molecular flexibility index (Phi) is 6.68. The van der Waals surface area contributed by atoms with Crippen LogP contribution in [-0.4, -0.2) is 46.3 Å². The van der Waals surface area contributed by atoms with Crippen molar-refractivity contribution in [3.8, 4) is 6.07 Å². The maximum atomic E-state index is 12.9. The topological polar surface area (TPSA) is 120 Å². The van der Waals surface area contributed by atoms with Crippen LogP contribution in [0.25, 0.3) is 5.65 Å².